The summed E-state index contributed by atoms with van der Waals surface area (Å²) in [5.74, 6) is 0.199. The number of carbonyl (C=O) groups excluding carboxylic acids is 1. The van der Waals surface area contributed by atoms with E-state index in [0.717, 1.165) is 30.2 Å². The zero-order valence-corrected chi connectivity index (χ0v) is 12.2. The van der Waals surface area contributed by atoms with Gasteiger partial charge in [-0.25, -0.2) is 0 Å². The highest BCUT2D eigenvalue weighted by atomic mass is 16.1. The Kier molecular flexibility index (Phi) is 4.85. The van der Waals surface area contributed by atoms with Crippen LogP contribution in [0.5, 0.6) is 0 Å². The summed E-state index contributed by atoms with van der Waals surface area (Å²) in [7, 11) is 0. The van der Waals surface area contributed by atoms with Crippen LogP contribution in [0.15, 0.2) is 36.5 Å². The zero-order valence-electron chi connectivity index (χ0n) is 12.2. The van der Waals surface area contributed by atoms with Crippen LogP contribution in [0.4, 0.5) is 0 Å². The van der Waals surface area contributed by atoms with E-state index in [1.54, 1.807) is 6.20 Å². The number of rotatable bonds is 6. The van der Waals surface area contributed by atoms with Gasteiger partial charge in [0.15, 0.2) is 5.78 Å². The van der Waals surface area contributed by atoms with Crippen molar-refractivity contribution in [3.63, 3.8) is 0 Å². The van der Waals surface area contributed by atoms with E-state index in [9.17, 15) is 4.79 Å². The van der Waals surface area contributed by atoms with Crippen LogP contribution in [0.3, 0.4) is 0 Å². The van der Waals surface area contributed by atoms with Gasteiger partial charge in [0.1, 0.15) is 0 Å². The lowest BCUT2D eigenvalue weighted by Crippen LogP contribution is -2.16. The van der Waals surface area contributed by atoms with E-state index >= 15 is 0 Å². The molecule has 0 aliphatic heterocycles. The molecule has 3 nitrogen and oxygen atoms in total. The molecule has 0 saturated heterocycles. The fourth-order valence-electron chi connectivity index (χ4n) is 2.37. The number of fused-ring (bicyclic) bond motifs is 1. The Morgan fingerprint density at radius 1 is 1.25 bits per heavy atom. The molecule has 2 rings (SSSR count). The summed E-state index contributed by atoms with van der Waals surface area (Å²) in [4.78, 5) is 16.7. The number of carbonyl (C=O) groups is 1. The average Bonchev–Trinajstić information content (AvgIpc) is 2.45. The van der Waals surface area contributed by atoms with Gasteiger partial charge in [0.05, 0.1) is 5.52 Å². The van der Waals surface area contributed by atoms with Crippen molar-refractivity contribution in [2.24, 2.45) is 11.7 Å². The second-order valence-electron chi connectivity index (χ2n) is 5.59. The van der Waals surface area contributed by atoms with E-state index in [4.69, 9.17) is 5.73 Å². The summed E-state index contributed by atoms with van der Waals surface area (Å²) in [6.07, 6.45) is 4.53. The number of para-hydroxylation sites is 1. The molecule has 0 aliphatic rings. The first-order valence-electron chi connectivity index (χ1n) is 7.22. The van der Waals surface area contributed by atoms with Gasteiger partial charge in [0, 0.05) is 29.1 Å². The van der Waals surface area contributed by atoms with E-state index in [0.29, 0.717) is 5.56 Å². The van der Waals surface area contributed by atoms with Gasteiger partial charge in [0.2, 0.25) is 0 Å². The number of ketones is 1. The van der Waals surface area contributed by atoms with Crippen molar-refractivity contribution in [1.29, 1.82) is 0 Å². The van der Waals surface area contributed by atoms with Crippen molar-refractivity contribution >= 4 is 16.7 Å². The molecule has 0 aliphatic carbocycles. The third kappa shape index (κ3) is 3.64. The predicted molar refractivity (Wildman–Crippen MR) is 82.7 cm³/mol. The summed E-state index contributed by atoms with van der Waals surface area (Å²) >= 11 is 0. The van der Waals surface area contributed by atoms with E-state index in [1.807, 2.05) is 44.2 Å². The van der Waals surface area contributed by atoms with E-state index in [1.165, 1.54) is 0 Å². The lowest BCUT2D eigenvalue weighted by atomic mass is 9.94. The molecular weight excluding hydrogens is 248 g/mol. The highest BCUT2D eigenvalue weighted by Gasteiger charge is 2.15. The molecule has 0 saturated carbocycles. The van der Waals surface area contributed by atoms with Crippen LogP contribution in [0, 0.1) is 5.92 Å². The molecule has 1 aromatic carbocycles. The molecule has 106 valence electrons. The van der Waals surface area contributed by atoms with Gasteiger partial charge in [-0.15, -0.1) is 0 Å². The summed E-state index contributed by atoms with van der Waals surface area (Å²) in [5.41, 5.74) is 7.36. The summed E-state index contributed by atoms with van der Waals surface area (Å²) in [5, 5.41) is 1.01. The Labute approximate surface area is 120 Å². The molecule has 2 unspecified atom stereocenters. The first kappa shape index (κ1) is 14.7. The van der Waals surface area contributed by atoms with Crippen molar-refractivity contribution in [1.82, 2.24) is 4.98 Å². The number of hydrogen-bond acceptors (Lipinski definition) is 3. The smallest absolute Gasteiger partial charge is 0.167 e. The molecule has 0 fully saturated rings. The van der Waals surface area contributed by atoms with Crippen LogP contribution in [0.1, 0.15) is 43.5 Å². The Morgan fingerprint density at radius 3 is 2.75 bits per heavy atom. The Bertz CT molecular complexity index is 592. The van der Waals surface area contributed by atoms with Gasteiger partial charge in [-0.2, -0.15) is 0 Å². The fourth-order valence-corrected chi connectivity index (χ4v) is 2.37. The fraction of sp³-hybridized carbons (Fsp3) is 0.412. The van der Waals surface area contributed by atoms with Gasteiger partial charge in [-0.3, -0.25) is 9.78 Å². The van der Waals surface area contributed by atoms with Gasteiger partial charge in [-0.05, 0) is 31.9 Å². The maximum Gasteiger partial charge on any atom is 0.167 e. The number of Topliss-reactive ketones (excluding diaryl/α,β-unsaturated/α-hetero) is 1. The van der Waals surface area contributed by atoms with Crippen LogP contribution >= 0.6 is 0 Å². The largest absolute Gasteiger partial charge is 0.328 e. The maximum atomic E-state index is 12.4. The average molecular weight is 270 g/mol. The standard InChI is InChI=1S/C17H22N2O/c1-12(6-5-7-13(2)18)17(20)15-10-14-8-3-4-9-16(14)19-11-15/h3-4,8-13H,5-7,18H2,1-2H3. The molecule has 1 heterocycles. The van der Waals surface area contributed by atoms with Crippen molar-refractivity contribution in [3.8, 4) is 0 Å². The van der Waals surface area contributed by atoms with Crippen LogP contribution in [0.2, 0.25) is 0 Å². The normalized spacial score (nSPS) is 14.2. The molecule has 2 atom stereocenters. The van der Waals surface area contributed by atoms with Gasteiger partial charge in [0.25, 0.3) is 0 Å². The summed E-state index contributed by atoms with van der Waals surface area (Å²) in [6.45, 7) is 3.98. The van der Waals surface area contributed by atoms with Crippen molar-refractivity contribution in [2.45, 2.75) is 39.2 Å². The molecule has 0 radical (unpaired) electrons. The van der Waals surface area contributed by atoms with Gasteiger partial charge in [-0.1, -0.05) is 31.5 Å². The first-order valence-corrected chi connectivity index (χ1v) is 7.22. The zero-order chi connectivity index (χ0) is 14.5. The Hall–Kier alpha value is -1.74. The number of nitrogens with two attached hydrogens (primary N) is 1. The number of pyridine rings is 1. The number of benzene rings is 1. The molecule has 0 bridgehead atoms. The number of aromatic nitrogens is 1. The Balaban J connectivity index is 2.06. The minimum atomic E-state index is 0.0247. The topological polar surface area (TPSA) is 56.0 Å². The second-order valence-corrected chi connectivity index (χ2v) is 5.59. The molecule has 3 heteroatoms. The molecule has 20 heavy (non-hydrogen) atoms. The molecule has 0 amide bonds. The van der Waals surface area contributed by atoms with E-state index < -0.39 is 0 Å². The Morgan fingerprint density at radius 2 is 2.00 bits per heavy atom. The molecule has 1 aromatic heterocycles. The van der Waals surface area contributed by atoms with Crippen molar-refractivity contribution < 1.29 is 4.79 Å². The molecule has 0 spiro atoms. The monoisotopic (exact) mass is 270 g/mol. The first-order chi connectivity index (χ1) is 9.58. The molecular formula is C17H22N2O. The van der Waals surface area contributed by atoms with Crippen LogP contribution in [0.25, 0.3) is 10.9 Å². The molecule has 2 N–H and O–H groups in total. The second kappa shape index (κ2) is 6.62. The maximum absolute atomic E-state index is 12.4. The van der Waals surface area contributed by atoms with Crippen LogP contribution < -0.4 is 5.73 Å². The summed E-state index contributed by atoms with van der Waals surface area (Å²) < 4.78 is 0. The van der Waals surface area contributed by atoms with Gasteiger partial charge < -0.3 is 5.73 Å². The molecule has 2 aromatic rings. The van der Waals surface area contributed by atoms with E-state index in [2.05, 4.69) is 4.98 Å². The van der Waals surface area contributed by atoms with Crippen molar-refractivity contribution in [3.05, 3.63) is 42.1 Å². The van der Waals surface area contributed by atoms with Gasteiger partial charge >= 0.3 is 0 Å². The minimum absolute atomic E-state index is 0.0247. The number of nitrogens with zero attached hydrogens (tertiary/aromatic N) is 1. The predicted octanol–water partition coefficient (Wildman–Crippen LogP) is 3.57. The third-order valence-corrected chi connectivity index (χ3v) is 3.62. The highest BCUT2D eigenvalue weighted by Crippen LogP contribution is 2.18. The lowest BCUT2D eigenvalue weighted by molar-refractivity contribution is 0.0922. The van der Waals surface area contributed by atoms with Crippen LogP contribution in [-0.2, 0) is 0 Å². The minimum Gasteiger partial charge on any atom is -0.328 e. The van der Waals surface area contributed by atoms with Crippen molar-refractivity contribution in [2.75, 3.05) is 0 Å². The lowest BCUT2D eigenvalue weighted by Gasteiger charge is -2.11. The third-order valence-electron chi connectivity index (χ3n) is 3.62. The quantitative estimate of drug-likeness (QED) is 0.816. The van der Waals surface area contributed by atoms with Crippen LogP contribution in [-0.4, -0.2) is 16.8 Å². The van der Waals surface area contributed by atoms with E-state index in [-0.39, 0.29) is 17.7 Å². The summed E-state index contributed by atoms with van der Waals surface area (Å²) in [6, 6.07) is 10.00. The SMILES string of the molecule is CC(N)CCCC(C)C(=O)c1cnc2ccccc2c1. The number of hydrogen-bond donors (Lipinski definition) is 1. The highest BCUT2D eigenvalue weighted by molar-refractivity contribution is 6.00.